The van der Waals surface area contributed by atoms with Crippen molar-refractivity contribution in [1.29, 1.82) is 0 Å². The van der Waals surface area contributed by atoms with E-state index in [1.54, 1.807) is 6.07 Å². The number of hydrogen-bond acceptors (Lipinski definition) is 3. The SMILES string of the molecule is O=C(O)c1ccc(OCCCO)c(Br)c1. The summed E-state index contributed by atoms with van der Waals surface area (Å²) in [6, 6.07) is 4.54. The molecule has 5 heteroatoms. The number of aliphatic hydroxyl groups excluding tert-OH is 1. The van der Waals surface area contributed by atoms with Crippen LogP contribution in [0.3, 0.4) is 0 Å². The van der Waals surface area contributed by atoms with Crippen LogP contribution in [-0.4, -0.2) is 29.4 Å². The van der Waals surface area contributed by atoms with Gasteiger partial charge in [-0.3, -0.25) is 0 Å². The number of carboxylic acid groups (broad SMARTS) is 1. The average Bonchev–Trinajstić information content (AvgIpc) is 2.20. The monoisotopic (exact) mass is 274 g/mol. The maximum atomic E-state index is 10.6. The maximum Gasteiger partial charge on any atom is 0.335 e. The Balaban J connectivity index is 2.70. The lowest BCUT2D eigenvalue weighted by molar-refractivity contribution is 0.0697. The predicted octanol–water partition coefficient (Wildman–Crippen LogP) is 1.91. The van der Waals surface area contributed by atoms with Crippen LogP contribution in [0.4, 0.5) is 0 Å². The molecule has 2 N–H and O–H groups in total. The first-order valence-electron chi connectivity index (χ1n) is 4.41. The summed E-state index contributed by atoms with van der Waals surface area (Å²) >= 11 is 3.22. The molecule has 0 atom stereocenters. The van der Waals surface area contributed by atoms with Crippen molar-refractivity contribution >= 4 is 21.9 Å². The third kappa shape index (κ3) is 3.53. The topological polar surface area (TPSA) is 66.8 Å². The zero-order chi connectivity index (χ0) is 11.3. The lowest BCUT2D eigenvalue weighted by Crippen LogP contribution is -2.01. The van der Waals surface area contributed by atoms with Crippen LogP contribution < -0.4 is 4.74 Å². The molecule has 0 unspecified atom stereocenters. The van der Waals surface area contributed by atoms with Crippen LogP contribution in [0.25, 0.3) is 0 Å². The average molecular weight is 275 g/mol. The molecule has 1 rings (SSSR count). The van der Waals surface area contributed by atoms with E-state index in [0.29, 0.717) is 23.2 Å². The summed E-state index contributed by atoms with van der Waals surface area (Å²) in [5.41, 5.74) is 0.205. The summed E-state index contributed by atoms with van der Waals surface area (Å²) in [6.45, 7) is 0.479. The molecule has 0 bridgehead atoms. The van der Waals surface area contributed by atoms with Gasteiger partial charge < -0.3 is 14.9 Å². The Morgan fingerprint density at radius 1 is 1.47 bits per heavy atom. The molecule has 15 heavy (non-hydrogen) atoms. The number of carboxylic acids is 1. The Morgan fingerprint density at radius 3 is 2.73 bits per heavy atom. The van der Waals surface area contributed by atoms with Crippen LogP contribution in [0.1, 0.15) is 16.8 Å². The van der Waals surface area contributed by atoms with Crippen molar-refractivity contribution in [2.24, 2.45) is 0 Å². The van der Waals surface area contributed by atoms with Crippen molar-refractivity contribution < 1.29 is 19.7 Å². The second kappa shape index (κ2) is 5.72. The fraction of sp³-hybridized carbons (Fsp3) is 0.300. The highest BCUT2D eigenvalue weighted by Crippen LogP contribution is 2.26. The number of carbonyl (C=O) groups is 1. The highest BCUT2D eigenvalue weighted by molar-refractivity contribution is 9.10. The van der Waals surface area contributed by atoms with E-state index in [2.05, 4.69) is 15.9 Å². The van der Waals surface area contributed by atoms with Gasteiger partial charge in [0.15, 0.2) is 0 Å². The molecule has 0 amide bonds. The summed E-state index contributed by atoms with van der Waals surface area (Å²) in [4.78, 5) is 10.6. The molecule has 0 spiro atoms. The molecule has 0 aliphatic rings. The first kappa shape index (κ1) is 12.0. The van der Waals surface area contributed by atoms with E-state index in [4.69, 9.17) is 14.9 Å². The van der Waals surface area contributed by atoms with Crippen molar-refractivity contribution in [2.45, 2.75) is 6.42 Å². The minimum absolute atomic E-state index is 0.0742. The second-order valence-electron chi connectivity index (χ2n) is 2.88. The molecule has 0 radical (unpaired) electrons. The molecule has 0 aliphatic heterocycles. The molecule has 0 heterocycles. The molecule has 0 aliphatic carbocycles. The molecular formula is C10H11BrO4. The van der Waals surface area contributed by atoms with Crippen molar-refractivity contribution in [3.63, 3.8) is 0 Å². The van der Waals surface area contributed by atoms with Crippen molar-refractivity contribution in [1.82, 2.24) is 0 Å². The molecule has 0 saturated carbocycles. The van der Waals surface area contributed by atoms with Gasteiger partial charge >= 0.3 is 5.97 Å². The van der Waals surface area contributed by atoms with E-state index in [1.165, 1.54) is 12.1 Å². The van der Waals surface area contributed by atoms with Gasteiger partial charge in [0.05, 0.1) is 16.6 Å². The Hall–Kier alpha value is -1.07. The fourth-order valence-electron chi connectivity index (χ4n) is 0.998. The van der Waals surface area contributed by atoms with Gasteiger partial charge in [-0.25, -0.2) is 4.79 Å². The number of aliphatic hydroxyl groups is 1. The summed E-state index contributed by atoms with van der Waals surface area (Å²) in [7, 11) is 0. The predicted molar refractivity (Wildman–Crippen MR) is 58.3 cm³/mol. The fourth-order valence-corrected chi connectivity index (χ4v) is 1.49. The van der Waals surface area contributed by atoms with Gasteiger partial charge in [-0.1, -0.05) is 0 Å². The number of rotatable bonds is 5. The van der Waals surface area contributed by atoms with E-state index >= 15 is 0 Å². The summed E-state index contributed by atoms with van der Waals surface area (Å²) in [6.07, 6.45) is 0.549. The Kier molecular flexibility index (Phi) is 4.58. The zero-order valence-electron chi connectivity index (χ0n) is 7.94. The highest BCUT2D eigenvalue weighted by Gasteiger charge is 2.07. The van der Waals surface area contributed by atoms with Crippen LogP contribution >= 0.6 is 15.9 Å². The normalized spacial score (nSPS) is 10.0. The molecule has 82 valence electrons. The van der Waals surface area contributed by atoms with Crippen LogP contribution in [0.5, 0.6) is 5.75 Å². The standard InChI is InChI=1S/C10H11BrO4/c11-8-6-7(10(13)14)2-3-9(8)15-5-1-4-12/h2-3,6,12H,1,4-5H2,(H,13,14). The number of benzene rings is 1. The minimum atomic E-state index is -0.974. The van der Waals surface area contributed by atoms with Crippen molar-refractivity contribution in [3.05, 3.63) is 28.2 Å². The lowest BCUT2D eigenvalue weighted by Gasteiger charge is -2.07. The Labute approximate surface area is 95.6 Å². The number of aromatic carboxylic acids is 1. The summed E-state index contributed by atoms with van der Waals surface area (Å²) < 4.78 is 5.91. The van der Waals surface area contributed by atoms with Gasteiger partial charge in [-0.15, -0.1) is 0 Å². The van der Waals surface area contributed by atoms with Gasteiger partial charge in [0.25, 0.3) is 0 Å². The first-order valence-corrected chi connectivity index (χ1v) is 5.21. The van der Waals surface area contributed by atoms with E-state index in [1.807, 2.05) is 0 Å². The van der Waals surface area contributed by atoms with Crippen LogP contribution in [-0.2, 0) is 0 Å². The molecule has 0 saturated heterocycles. The number of hydrogen-bond donors (Lipinski definition) is 2. The minimum Gasteiger partial charge on any atom is -0.492 e. The molecule has 1 aromatic rings. The molecule has 4 nitrogen and oxygen atoms in total. The van der Waals surface area contributed by atoms with Crippen molar-refractivity contribution in [2.75, 3.05) is 13.2 Å². The lowest BCUT2D eigenvalue weighted by atomic mass is 10.2. The summed E-state index contributed by atoms with van der Waals surface area (Å²) in [5, 5.41) is 17.3. The molecule has 0 fully saturated rings. The summed E-state index contributed by atoms with van der Waals surface area (Å²) in [5.74, 6) is -0.397. The van der Waals surface area contributed by atoms with Crippen LogP contribution in [0.2, 0.25) is 0 Å². The van der Waals surface area contributed by atoms with Crippen LogP contribution in [0.15, 0.2) is 22.7 Å². The van der Waals surface area contributed by atoms with Gasteiger partial charge in [0, 0.05) is 13.0 Å². The van der Waals surface area contributed by atoms with Gasteiger partial charge in [-0.05, 0) is 34.1 Å². The second-order valence-corrected chi connectivity index (χ2v) is 3.73. The van der Waals surface area contributed by atoms with Gasteiger partial charge in [-0.2, -0.15) is 0 Å². The van der Waals surface area contributed by atoms with E-state index in [9.17, 15) is 4.79 Å². The van der Waals surface area contributed by atoms with E-state index in [-0.39, 0.29) is 12.2 Å². The molecular weight excluding hydrogens is 264 g/mol. The number of ether oxygens (including phenoxy) is 1. The molecule has 0 aromatic heterocycles. The highest BCUT2D eigenvalue weighted by atomic mass is 79.9. The third-order valence-corrected chi connectivity index (χ3v) is 2.36. The first-order chi connectivity index (χ1) is 7.15. The van der Waals surface area contributed by atoms with E-state index < -0.39 is 5.97 Å². The van der Waals surface area contributed by atoms with Crippen molar-refractivity contribution in [3.8, 4) is 5.75 Å². The zero-order valence-corrected chi connectivity index (χ0v) is 9.53. The quantitative estimate of drug-likeness (QED) is 0.805. The Morgan fingerprint density at radius 2 is 2.20 bits per heavy atom. The van der Waals surface area contributed by atoms with Gasteiger partial charge in [0.1, 0.15) is 5.75 Å². The number of halogens is 1. The largest absolute Gasteiger partial charge is 0.492 e. The van der Waals surface area contributed by atoms with Gasteiger partial charge in [0.2, 0.25) is 0 Å². The molecule has 1 aromatic carbocycles. The van der Waals surface area contributed by atoms with E-state index in [0.717, 1.165) is 0 Å². The Bertz CT molecular complexity index is 351. The third-order valence-electron chi connectivity index (χ3n) is 1.74. The smallest absolute Gasteiger partial charge is 0.335 e. The maximum absolute atomic E-state index is 10.6. The van der Waals surface area contributed by atoms with Crippen LogP contribution in [0, 0.1) is 0 Å².